The van der Waals surface area contributed by atoms with E-state index in [2.05, 4.69) is 51.1 Å². The zero-order chi connectivity index (χ0) is 25.1. The molecule has 2 aromatic rings. The average molecular weight is 465 g/mol. The zero-order valence-electron chi connectivity index (χ0n) is 20.2. The molecule has 176 valence electrons. The van der Waals surface area contributed by atoms with E-state index in [0.29, 0.717) is 18.4 Å². The van der Waals surface area contributed by atoms with Crippen LogP contribution >= 0.6 is 0 Å². The Morgan fingerprint density at radius 2 is 1.57 bits per heavy atom. The Balaban J connectivity index is 1.64. The average Bonchev–Trinajstić information content (AvgIpc) is 3.07. The third-order valence-electron chi connectivity index (χ3n) is 8.26. The number of ether oxygens (including phenoxy) is 2. The number of hydrogen-bond acceptors (Lipinski definition) is 6. The fourth-order valence-electron chi connectivity index (χ4n) is 6.32. The van der Waals surface area contributed by atoms with Crippen LogP contribution in [0.25, 0.3) is 0 Å². The number of nitrogens with one attached hydrogen (secondary N) is 1. The third kappa shape index (κ3) is 2.99. The van der Waals surface area contributed by atoms with Gasteiger partial charge in [-0.2, -0.15) is 15.8 Å². The summed E-state index contributed by atoms with van der Waals surface area (Å²) in [6.07, 6.45) is 0.725. The van der Waals surface area contributed by atoms with E-state index in [1.165, 1.54) is 0 Å². The molecule has 0 radical (unpaired) electrons. The molecule has 1 saturated carbocycles. The van der Waals surface area contributed by atoms with E-state index in [1.54, 1.807) is 0 Å². The predicted molar refractivity (Wildman–Crippen MR) is 129 cm³/mol. The Morgan fingerprint density at radius 3 is 2.14 bits per heavy atom. The summed E-state index contributed by atoms with van der Waals surface area (Å²) in [5, 5.41) is 40.4. The van der Waals surface area contributed by atoms with Crippen molar-refractivity contribution >= 4 is 5.90 Å². The summed E-state index contributed by atoms with van der Waals surface area (Å²) < 4.78 is 12.7. The SMILES string of the molecule is CC(C)(C)c1ccc(C2OC34CCC(c5ccccc5)CC3C(C#N)(C(=N)O4)C2(C#N)C#N)cc1. The van der Waals surface area contributed by atoms with Gasteiger partial charge in [-0.25, -0.2) is 0 Å². The lowest BCUT2D eigenvalue weighted by Crippen LogP contribution is -2.60. The highest BCUT2D eigenvalue weighted by Gasteiger charge is 2.81. The van der Waals surface area contributed by atoms with Crippen molar-refractivity contribution in [3.8, 4) is 18.2 Å². The minimum absolute atomic E-state index is 0.0642. The van der Waals surface area contributed by atoms with Crippen molar-refractivity contribution in [2.24, 2.45) is 16.7 Å². The third-order valence-corrected chi connectivity index (χ3v) is 8.26. The zero-order valence-corrected chi connectivity index (χ0v) is 20.2. The Morgan fingerprint density at radius 1 is 0.914 bits per heavy atom. The monoisotopic (exact) mass is 464 g/mol. The second kappa shape index (κ2) is 7.67. The molecule has 2 heterocycles. The van der Waals surface area contributed by atoms with Gasteiger partial charge in [0.25, 0.3) is 0 Å². The van der Waals surface area contributed by atoms with Gasteiger partial charge in [0.15, 0.2) is 5.41 Å². The fraction of sp³-hybridized carbons (Fsp3) is 0.448. The summed E-state index contributed by atoms with van der Waals surface area (Å²) in [7, 11) is 0. The molecule has 0 spiro atoms. The van der Waals surface area contributed by atoms with Gasteiger partial charge in [-0.1, -0.05) is 75.4 Å². The maximum Gasteiger partial charge on any atom is 0.217 e. The Labute approximate surface area is 206 Å². The molecule has 0 amide bonds. The molecule has 0 aromatic heterocycles. The van der Waals surface area contributed by atoms with Crippen LogP contribution in [0.15, 0.2) is 54.6 Å². The second-order valence-corrected chi connectivity index (χ2v) is 11.0. The molecule has 5 atom stereocenters. The van der Waals surface area contributed by atoms with Gasteiger partial charge in [-0.15, -0.1) is 0 Å². The molecule has 2 aliphatic heterocycles. The second-order valence-electron chi connectivity index (χ2n) is 11.0. The normalized spacial score (nSPS) is 32.9. The van der Waals surface area contributed by atoms with E-state index >= 15 is 0 Å². The van der Waals surface area contributed by atoms with Gasteiger partial charge in [0.05, 0.1) is 24.1 Å². The molecule has 6 nitrogen and oxygen atoms in total. The maximum atomic E-state index is 10.6. The smallest absolute Gasteiger partial charge is 0.217 e. The molecule has 3 fully saturated rings. The highest BCUT2D eigenvalue weighted by molar-refractivity contribution is 5.89. The van der Waals surface area contributed by atoms with Crippen molar-refractivity contribution in [2.75, 3.05) is 0 Å². The van der Waals surface area contributed by atoms with Crippen LogP contribution in [0.3, 0.4) is 0 Å². The van der Waals surface area contributed by atoms with E-state index in [4.69, 9.17) is 14.9 Å². The number of nitrogens with zero attached hydrogens (tertiary/aromatic N) is 3. The van der Waals surface area contributed by atoms with Crippen molar-refractivity contribution in [2.45, 2.75) is 63.3 Å². The van der Waals surface area contributed by atoms with Crippen LogP contribution in [-0.2, 0) is 14.9 Å². The van der Waals surface area contributed by atoms with Crippen molar-refractivity contribution in [1.29, 1.82) is 21.2 Å². The van der Waals surface area contributed by atoms with Gasteiger partial charge in [0.2, 0.25) is 17.1 Å². The minimum Gasteiger partial charge on any atom is -0.447 e. The van der Waals surface area contributed by atoms with E-state index in [9.17, 15) is 15.8 Å². The summed E-state index contributed by atoms with van der Waals surface area (Å²) >= 11 is 0. The lowest BCUT2D eigenvalue weighted by Gasteiger charge is -2.52. The van der Waals surface area contributed by atoms with Gasteiger partial charge in [0.1, 0.15) is 6.10 Å². The Kier molecular flexibility index (Phi) is 5.06. The van der Waals surface area contributed by atoms with E-state index < -0.39 is 28.6 Å². The summed E-state index contributed by atoms with van der Waals surface area (Å²) in [5.74, 6) is -2.01. The molecule has 2 aromatic carbocycles. The van der Waals surface area contributed by atoms with Gasteiger partial charge >= 0.3 is 0 Å². The molecule has 1 N–H and O–H groups in total. The highest BCUT2D eigenvalue weighted by Crippen LogP contribution is 2.70. The van der Waals surface area contributed by atoms with Crippen molar-refractivity contribution < 1.29 is 9.47 Å². The minimum atomic E-state index is -1.93. The first kappa shape index (κ1) is 23.1. The Bertz CT molecular complexity index is 1280. The molecule has 35 heavy (non-hydrogen) atoms. The summed E-state index contributed by atoms with van der Waals surface area (Å²) in [6.45, 7) is 6.34. The summed E-state index contributed by atoms with van der Waals surface area (Å²) in [5.41, 5.74) is -0.827. The first-order chi connectivity index (χ1) is 16.7. The molecule has 2 bridgehead atoms. The van der Waals surface area contributed by atoms with Crippen molar-refractivity contribution in [1.82, 2.24) is 0 Å². The van der Waals surface area contributed by atoms with Gasteiger partial charge in [-0.3, -0.25) is 5.41 Å². The van der Waals surface area contributed by atoms with Crippen molar-refractivity contribution in [3.05, 3.63) is 71.3 Å². The summed E-state index contributed by atoms with van der Waals surface area (Å²) in [6, 6.07) is 24.3. The molecule has 3 aliphatic rings. The number of nitriles is 3. The van der Waals surface area contributed by atoms with Gasteiger partial charge < -0.3 is 9.47 Å². The number of hydrogen-bond donors (Lipinski definition) is 1. The Hall–Kier alpha value is -3.66. The van der Waals surface area contributed by atoms with E-state index in [0.717, 1.165) is 17.5 Å². The van der Waals surface area contributed by atoms with E-state index in [1.807, 2.05) is 42.5 Å². The quantitative estimate of drug-likeness (QED) is 0.595. The van der Waals surface area contributed by atoms with Crippen LogP contribution in [0.4, 0.5) is 0 Å². The van der Waals surface area contributed by atoms with Crippen LogP contribution in [-0.4, -0.2) is 11.7 Å². The molecule has 5 rings (SSSR count). The van der Waals surface area contributed by atoms with E-state index in [-0.39, 0.29) is 17.2 Å². The lowest BCUT2D eigenvalue weighted by atomic mass is 9.50. The van der Waals surface area contributed by atoms with Gasteiger partial charge in [-0.05, 0) is 40.9 Å². The molecular formula is C29H28N4O2. The van der Waals surface area contributed by atoms with Crippen LogP contribution in [0, 0.1) is 56.2 Å². The molecular weight excluding hydrogens is 436 g/mol. The highest BCUT2D eigenvalue weighted by atomic mass is 16.7. The molecule has 5 unspecified atom stereocenters. The van der Waals surface area contributed by atoms with Gasteiger partial charge in [0, 0.05) is 6.42 Å². The molecule has 1 aliphatic carbocycles. The number of rotatable bonds is 2. The number of benzene rings is 2. The standard InChI is InChI=1S/C29H28N4O2/c1-26(2,3)22-11-9-20(10-12-22)24-27(16-30,17-31)28(18-32)23-15-21(19-7-5-4-6-8-19)13-14-29(23,34-24)35-25(28)33/h4-12,21,23-24,33H,13-15H2,1-3H3. The summed E-state index contributed by atoms with van der Waals surface area (Å²) in [4.78, 5) is 0. The predicted octanol–water partition coefficient (Wildman–Crippen LogP) is 5.89. The first-order valence-corrected chi connectivity index (χ1v) is 12.0. The largest absolute Gasteiger partial charge is 0.447 e. The van der Waals surface area contributed by atoms with Crippen LogP contribution < -0.4 is 0 Å². The topological polar surface area (TPSA) is 114 Å². The lowest BCUT2D eigenvalue weighted by molar-refractivity contribution is -0.296. The fourth-order valence-corrected chi connectivity index (χ4v) is 6.32. The van der Waals surface area contributed by atoms with Crippen molar-refractivity contribution in [3.63, 3.8) is 0 Å². The van der Waals surface area contributed by atoms with Crippen LogP contribution in [0.1, 0.15) is 68.7 Å². The van der Waals surface area contributed by atoms with Crippen LogP contribution in [0.5, 0.6) is 0 Å². The maximum absolute atomic E-state index is 10.6. The van der Waals surface area contributed by atoms with Crippen LogP contribution in [0.2, 0.25) is 0 Å². The molecule has 2 saturated heterocycles. The molecule has 6 heteroatoms. The first-order valence-electron chi connectivity index (χ1n) is 12.0.